The van der Waals surface area contributed by atoms with Crippen LogP contribution in [-0.4, -0.2) is 12.6 Å². The van der Waals surface area contributed by atoms with Crippen LogP contribution in [0.15, 0.2) is 92.2 Å². The zero-order valence-electron chi connectivity index (χ0n) is 21.1. The van der Waals surface area contributed by atoms with Crippen molar-refractivity contribution < 1.29 is 18.7 Å². The number of carbonyl (C=O) groups excluding carboxylic acids is 1. The van der Waals surface area contributed by atoms with Gasteiger partial charge in [0.1, 0.15) is 17.1 Å². The molecule has 0 unspecified atom stereocenters. The zero-order valence-corrected chi connectivity index (χ0v) is 21.1. The highest BCUT2D eigenvalue weighted by Crippen LogP contribution is 2.24. The number of fused-ring (bicyclic) bond motifs is 1. The first-order chi connectivity index (χ1) is 18.0. The number of rotatable bonds is 11. The van der Waals surface area contributed by atoms with Crippen molar-refractivity contribution in [1.82, 2.24) is 0 Å². The fourth-order valence-electron chi connectivity index (χ4n) is 3.82. The third-order valence-electron chi connectivity index (χ3n) is 5.87. The van der Waals surface area contributed by atoms with E-state index in [1.807, 2.05) is 31.2 Å². The molecule has 3 aromatic carbocycles. The van der Waals surface area contributed by atoms with Crippen LogP contribution in [0.5, 0.6) is 11.5 Å². The molecule has 0 aliphatic carbocycles. The number of ether oxygens (including phenoxy) is 2. The van der Waals surface area contributed by atoms with Gasteiger partial charge in [0.15, 0.2) is 0 Å². The second kappa shape index (κ2) is 12.6. The van der Waals surface area contributed by atoms with E-state index in [0.29, 0.717) is 28.3 Å². The lowest BCUT2D eigenvalue weighted by molar-refractivity contribution is 0.0735. The molecule has 37 heavy (non-hydrogen) atoms. The van der Waals surface area contributed by atoms with Gasteiger partial charge < -0.3 is 13.9 Å². The molecule has 0 radical (unpaired) electrons. The first kappa shape index (κ1) is 25.8. The van der Waals surface area contributed by atoms with Gasteiger partial charge in [-0.1, -0.05) is 32.6 Å². The van der Waals surface area contributed by atoms with Crippen molar-refractivity contribution in [3.63, 3.8) is 0 Å². The predicted molar refractivity (Wildman–Crippen MR) is 143 cm³/mol. The van der Waals surface area contributed by atoms with Crippen molar-refractivity contribution in [2.45, 2.75) is 46.0 Å². The molecule has 1 aromatic heterocycles. The highest BCUT2D eigenvalue weighted by molar-refractivity contribution is 5.92. The standard InChI is InChI=1S/C30H30N2O5/c1-3-4-5-6-7-18-35-25-14-12-24(13-15-25)32-31-23-10-8-22(9-11-23)30(34)36-26-16-17-27-21(2)19-29(33)37-28(27)20-26/h8-17,19-20H,3-7,18H2,1-2H3. The van der Waals surface area contributed by atoms with Crippen molar-refractivity contribution in [1.29, 1.82) is 0 Å². The molecule has 7 nitrogen and oxygen atoms in total. The summed E-state index contributed by atoms with van der Waals surface area (Å²) in [4.78, 5) is 24.2. The van der Waals surface area contributed by atoms with Crippen molar-refractivity contribution in [2.24, 2.45) is 10.2 Å². The van der Waals surface area contributed by atoms with E-state index in [9.17, 15) is 9.59 Å². The van der Waals surface area contributed by atoms with Crippen LogP contribution >= 0.6 is 0 Å². The molecule has 0 saturated carbocycles. The molecule has 0 aliphatic rings. The fraction of sp³-hybridized carbons (Fsp3) is 0.267. The van der Waals surface area contributed by atoms with Crippen LogP contribution in [0.2, 0.25) is 0 Å². The molecule has 0 saturated heterocycles. The molecule has 4 rings (SSSR count). The molecular formula is C30H30N2O5. The summed E-state index contributed by atoms with van der Waals surface area (Å²) in [7, 11) is 0. The molecule has 0 amide bonds. The summed E-state index contributed by atoms with van der Waals surface area (Å²) in [5.41, 5.74) is 2.39. The number of carbonyl (C=O) groups is 1. The van der Waals surface area contributed by atoms with E-state index >= 15 is 0 Å². The Morgan fingerprint density at radius 1 is 0.811 bits per heavy atom. The number of nitrogens with zero attached hydrogens (tertiary/aromatic N) is 2. The quantitative estimate of drug-likeness (QED) is 0.0685. The topological polar surface area (TPSA) is 90.5 Å². The Morgan fingerprint density at radius 3 is 2.16 bits per heavy atom. The van der Waals surface area contributed by atoms with Gasteiger partial charge in [0.2, 0.25) is 0 Å². The van der Waals surface area contributed by atoms with Gasteiger partial charge in [-0.25, -0.2) is 9.59 Å². The summed E-state index contributed by atoms with van der Waals surface area (Å²) in [6.07, 6.45) is 6.03. The summed E-state index contributed by atoms with van der Waals surface area (Å²) >= 11 is 0. The first-order valence-electron chi connectivity index (χ1n) is 12.5. The van der Waals surface area contributed by atoms with E-state index in [-0.39, 0.29) is 0 Å². The van der Waals surface area contributed by atoms with Crippen molar-refractivity contribution in [3.05, 3.63) is 94.3 Å². The summed E-state index contributed by atoms with van der Waals surface area (Å²) in [5, 5.41) is 9.27. The van der Waals surface area contributed by atoms with Crippen LogP contribution in [0.1, 0.15) is 54.9 Å². The molecule has 1 heterocycles. The maximum atomic E-state index is 12.6. The first-order valence-corrected chi connectivity index (χ1v) is 12.5. The fourth-order valence-corrected chi connectivity index (χ4v) is 3.82. The summed E-state index contributed by atoms with van der Waals surface area (Å²) in [5.74, 6) is 0.582. The van der Waals surface area contributed by atoms with Crippen molar-refractivity contribution in [2.75, 3.05) is 6.61 Å². The predicted octanol–water partition coefficient (Wildman–Crippen LogP) is 8.09. The van der Waals surface area contributed by atoms with E-state index < -0.39 is 11.6 Å². The van der Waals surface area contributed by atoms with E-state index in [4.69, 9.17) is 13.9 Å². The van der Waals surface area contributed by atoms with Crippen molar-refractivity contribution >= 4 is 28.3 Å². The van der Waals surface area contributed by atoms with Crippen LogP contribution < -0.4 is 15.1 Å². The van der Waals surface area contributed by atoms with Gasteiger partial charge in [-0.3, -0.25) is 0 Å². The number of hydrogen-bond acceptors (Lipinski definition) is 7. The molecular weight excluding hydrogens is 468 g/mol. The average molecular weight is 499 g/mol. The third kappa shape index (κ3) is 7.36. The largest absolute Gasteiger partial charge is 0.494 e. The molecule has 0 fully saturated rings. The Bertz CT molecular complexity index is 1420. The number of esters is 1. The molecule has 0 N–H and O–H groups in total. The lowest BCUT2D eigenvalue weighted by Crippen LogP contribution is -2.08. The normalized spacial score (nSPS) is 11.2. The number of azo groups is 1. The van der Waals surface area contributed by atoms with Gasteiger partial charge in [0, 0.05) is 17.5 Å². The number of unbranched alkanes of at least 4 members (excludes halogenated alkanes) is 4. The molecule has 0 bridgehead atoms. The molecule has 0 aliphatic heterocycles. The lowest BCUT2D eigenvalue weighted by Gasteiger charge is -2.06. The molecule has 190 valence electrons. The van der Waals surface area contributed by atoms with Gasteiger partial charge in [0.05, 0.1) is 23.5 Å². The maximum Gasteiger partial charge on any atom is 0.343 e. The summed E-state index contributed by atoms with van der Waals surface area (Å²) in [6.45, 7) is 4.75. The average Bonchev–Trinajstić information content (AvgIpc) is 2.90. The molecule has 0 atom stereocenters. The Hall–Kier alpha value is -4.26. The highest BCUT2D eigenvalue weighted by Gasteiger charge is 2.11. The van der Waals surface area contributed by atoms with Gasteiger partial charge >= 0.3 is 11.6 Å². The van der Waals surface area contributed by atoms with Crippen LogP contribution in [0.3, 0.4) is 0 Å². The van der Waals surface area contributed by atoms with Crippen LogP contribution in [0, 0.1) is 6.92 Å². The maximum absolute atomic E-state index is 12.6. The molecule has 0 spiro atoms. The lowest BCUT2D eigenvalue weighted by atomic mass is 10.1. The minimum atomic E-state index is -0.529. The third-order valence-corrected chi connectivity index (χ3v) is 5.87. The number of aryl methyl sites for hydroxylation is 1. The van der Waals surface area contributed by atoms with E-state index in [0.717, 1.165) is 29.7 Å². The smallest absolute Gasteiger partial charge is 0.343 e. The second-order valence-electron chi connectivity index (χ2n) is 8.80. The summed E-state index contributed by atoms with van der Waals surface area (Å²) < 4.78 is 16.4. The molecule has 7 heteroatoms. The zero-order chi connectivity index (χ0) is 26.0. The van der Waals surface area contributed by atoms with E-state index in [1.54, 1.807) is 36.4 Å². The number of benzene rings is 3. The molecule has 4 aromatic rings. The Kier molecular flexibility index (Phi) is 8.81. The van der Waals surface area contributed by atoms with E-state index in [1.165, 1.54) is 37.8 Å². The Labute approximate surface area is 215 Å². The summed E-state index contributed by atoms with van der Waals surface area (Å²) in [6, 6.07) is 20.5. The minimum Gasteiger partial charge on any atom is -0.494 e. The second-order valence-corrected chi connectivity index (χ2v) is 8.80. The van der Waals surface area contributed by atoms with Gasteiger partial charge in [-0.15, -0.1) is 0 Å². The highest BCUT2D eigenvalue weighted by atomic mass is 16.5. The van der Waals surface area contributed by atoms with Crippen LogP contribution in [0.4, 0.5) is 11.4 Å². The Morgan fingerprint density at radius 2 is 1.46 bits per heavy atom. The van der Waals surface area contributed by atoms with E-state index in [2.05, 4.69) is 17.2 Å². The van der Waals surface area contributed by atoms with Gasteiger partial charge in [-0.2, -0.15) is 10.2 Å². The Balaban J connectivity index is 1.30. The SMILES string of the molecule is CCCCCCCOc1ccc(N=Nc2ccc(C(=O)Oc3ccc4c(C)cc(=O)oc4c3)cc2)cc1. The van der Waals surface area contributed by atoms with Gasteiger partial charge in [-0.05, 0) is 79.6 Å². The minimum absolute atomic E-state index is 0.291. The van der Waals surface area contributed by atoms with Crippen molar-refractivity contribution in [3.8, 4) is 11.5 Å². The van der Waals surface area contributed by atoms with Crippen LogP contribution in [-0.2, 0) is 0 Å². The monoisotopic (exact) mass is 498 g/mol. The van der Waals surface area contributed by atoms with Gasteiger partial charge in [0.25, 0.3) is 0 Å². The number of hydrogen-bond donors (Lipinski definition) is 0. The van der Waals surface area contributed by atoms with Crippen LogP contribution in [0.25, 0.3) is 11.0 Å².